The van der Waals surface area contributed by atoms with Crippen LogP contribution in [0.2, 0.25) is 0 Å². The molecule has 0 saturated carbocycles. The molecular formula is C15H25NO4. The molecule has 1 aromatic rings. The van der Waals surface area contributed by atoms with Crippen molar-refractivity contribution in [2.24, 2.45) is 0 Å². The largest absolute Gasteiger partial charge is 0.508 e. The Labute approximate surface area is 120 Å². The van der Waals surface area contributed by atoms with Crippen LogP contribution in [0.5, 0.6) is 5.75 Å². The second-order valence-corrected chi connectivity index (χ2v) is 5.94. The molecule has 1 rings (SSSR count). The van der Waals surface area contributed by atoms with Gasteiger partial charge in [0.05, 0.1) is 12.7 Å². The summed E-state index contributed by atoms with van der Waals surface area (Å²) < 4.78 is 4.87. The maximum Gasteiger partial charge on any atom is 0.121 e. The molecule has 0 fully saturated rings. The topological polar surface area (TPSA) is 82.0 Å². The number of aliphatic hydroxyl groups is 2. The zero-order valence-corrected chi connectivity index (χ0v) is 12.6. The minimum Gasteiger partial charge on any atom is -0.508 e. The van der Waals surface area contributed by atoms with E-state index in [9.17, 15) is 15.3 Å². The van der Waals surface area contributed by atoms with Gasteiger partial charge in [0.2, 0.25) is 0 Å². The molecule has 0 aromatic heterocycles. The fourth-order valence-corrected chi connectivity index (χ4v) is 1.82. The second-order valence-electron chi connectivity index (χ2n) is 5.94. The molecule has 2 unspecified atom stereocenters. The van der Waals surface area contributed by atoms with Gasteiger partial charge in [0.25, 0.3) is 0 Å². The van der Waals surface area contributed by atoms with Crippen molar-refractivity contribution in [2.45, 2.75) is 38.5 Å². The smallest absolute Gasteiger partial charge is 0.121 e. The van der Waals surface area contributed by atoms with E-state index < -0.39 is 12.2 Å². The molecule has 0 aliphatic heterocycles. The number of nitrogens with one attached hydrogen (secondary N) is 1. The number of ether oxygens (including phenoxy) is 1. The average molecular weight is 283 g/mol. The summed E-state index contributed by atoms with van der Waals surface area (Å²) in [5.41, 5.74) is 0.917. The van der Waals surface area contributed by atoms with Gasteiger partial charge in [-0.1, -0.05) is 6.07 Å². The molecular weight excluding hydrogens is 258 g/mol. The van der Waals surface area contributed by atoms with Gasteiger partial charge in [-0.25, -0.2) is 0 Å². The monoisotopic (exact) mass is 283 g/mol. The Kier molecular flexibility index (Phi) is 5.95. The predicted molar refractivity (Wildman–Crippen MR) is 77.7 cm³/mol. The molecule has 4 N–H and O–H groups in total. The minimum atomic E-state index is -0.914. The Morgan fingerprint density at radius 3 is 2.40 bits per heavy atom. The second kappa shape index (κ2) is 7.04. The lowest BCUT2D eigenvalue weighted by molar-refractivity contribution is 0.0626. The number of methoxy groups -OCH3 is 1. The lowest BCUT2D eigenvalue weighted by Gasteiger charge is -2.23. The molecule has 0 aliphatic carbocycles. The first kappa shape index (κ1) is 16.9. The van der Waals surface area contributed by atoms with Crippen LogP contribution in [0.1, 0.15) is 44.1 Å². The Morgan fingerprint density at radius 2 is 1.85 bits per heavy atom. The third kappa shape index (κ3) is 5.09. The van der Waals surface area contributed by atoms with E-state index >= 15 is 0 Å². The van der Waals surface area contributed by atoms with Crippen molar-refractivity contribution >= 4 is 0 Å². The molecule has 5 heteroatoms. The van der Waals surface area contributed by atoms with Crippen molar-refractivity contribution in [3.8, 4) is 5.75 Å². The summed E-state index contributed by atoms with van der Waals surface area (Å²) in [6.45, 7) is 6.54. The van der Waals surface area contributed by atoms with Crippen LogP contribution in [0.15, 0.2) is 18.2 Å². The molecule has 2 atom stereocenters. The first-order valence-electron chi connectivity index (χ1n) is 6.67. The fourth-order valence-electron chi connectivity index (χ4n) is 1.82. The highest BCUT2D eigenvalue weighted by molar-refractivity contribution is 5.38. The normalized spacial score (nSPS) is 15.1. The van der Waals surface area contributed by atoms with Crippen LogP contribution in [0.4, 0.5) is 0 Å². The molecule has 0 heterocycles. The van der Waals surface area contributed by atoms with Crippen LogP contribution in [0, 0.1) is 0 Å². The number of hydrogen-bond acceptors (Lipinski definition) is 5. The van der Waals surface area contributed by atoms with Crippen LogP contribution in [-0.2, 0) is 4.74 Å². The molecule has 0 amide bonds. The zero-order valence-electron chi connectivity index (χ0n) is 12.6. The van der Waals surface area contributed by atoms with Gasteiger partial charge < -0.3 is 25.4 Å². The third-order valence-electron chi connectivity index (χ3n) is 2.95. The predicted octanol–water partition coefficient (Wildman–Crippen LogP) is 1.49. The van der Waals surface area contributed by atoms with Gasteiger partial charge in [-0.05, 0) is 38.5 Å². The number of aromatic hydroxyl groups is 1. The van der Waals surface area contributed by atoms with Crippen LogP contribution in [-0.4, -0.2) is 41.1 Å². The van der Waals surface area contributed by atoms with E-state index in [0.29, 0.717) is 17.7 Å². The van der Waals surface area contributed by atoms with E-state index in [0.717, 1.165) is 0 Å². The molecule has 1 aromatic carbocycles. The summed E-state index contributed by atoms with van der Waals surface area (Å²) in [7, 11) is 1.48. The maximum atomic E-state index is 10.2. The molecule has 0 spiro atoms. The Bertz CT molecular complexity index is 428. The van der Waals surface area contributed by atoms with Gasteiger partial charge >= 0.3 is 0 Å². The van der Waals surface area contributed by atoms with Crippen molar-refractivity contribution in [3.63, 3.8) is 0 Å². The van der Waals surface area contributed by atoms with Gasteiger partial charge in [0.15, 0.2) is 0 Å². The first-order valence-corrected chi connectivity index (χ1v) is 6.67. The van der Waals surface area contributed by atoms with Gasteiger partial charge in [-0.2, -0.15) is 0 Å². The number of phenolic OH excluding ortho intramolecular Hbond substituents is 1. The first-order chi connectivity index (χ1) is 9.24. The molecule has 0 saturated heterocycles. The minimum absolute atomic E-state index is 0.00530. The van der Waals surface area contributed by atoms with E-state index in [1.807, 2.05) is 20.8 Å². The Hall–Kier alpha value is -1.14. The van der Waals surface area contributed by atoms with Gasteiger partial charge in [0.1, 0.15) is 11.9 Å². The Morgan fingerprint density at radius 1 is 1.20 bits per heavy atom. The molecule has 5 nitrogen and oxygen atoms in total. The number of hydrogen-bond donors (Lipinski definition) is 4. The summed E-state index contributed by atoms with van der Waals surface area (Å²) in [5.74, 6) is -0.00530. The zero-order chi connectivity index (χ0) is 15.3. The molecule has 114 valence electrons. The molecule has 0 radical (unpaired) electrons. The van der Waals surface area contributed by atoms with Crippen LogP contribution >= 0.6 is 0 Å². The highest BCUT2D eigenvalue weighted by Crippen LogP contribution is 2.28. The highest BCUT2D eigenvalue weighted by atomic mass is 16.5. The summed E-state index contributed by atoms with van der Waals surface area (Å²) in [5, 5.41) is 33.0. The van der Waals surface area contributed by atoms with Gasteiger partial charge in [0, 0.05) is 24.8 Å². The number of phenols is 1. The lowest BCUT2D eigenvalue weighted by atomic mass is 10.0. The van der Waals surface area contributed by atoms with Crippen LogP contribution < -0.4 is 5.32 Å². The maximum absolute atomic E-state index is 10.2. The van der Waals surface area contributed by atoms with E-state index in [1.165, 1.54) is 13.2 Å². The molecule has 0 bridgehead atoms. The number of aliphatic hydroxyl groups excluding tert-OH is 2. The van der Waals surface area contributed by atoms with Crippen molar-refractivity contribution in [2.75, 3.05) is 20.3 Å². The summed E-state index contributed by atoms with van der Waals surface area (Å²) in [6, 6.07) is 4.73. The van der Waals surface area contributed by atoms with Crippen molar-refractivity contribution in [1.29, 1.82) is 0 Å². The quantitative estimate of drug-likeness (QED) is 0.636. The number of benzene rings is 1. The van der Waals surface area contributed by atoms with Gasteiger partial charge in [-0.3, -0.25) is 0 Å². The number of rotatable bonds is 6. The van der Waals surface area contributed by atoms with Crippen molar-refractivity contribution in [1.82, 2.24) is 5.32 Å². The lowest BCUT2D eigenvalue weighted by Crippen LogP contribution is -2.38. The van der Waals surface area contributed by atoms with Crippen LogP contribution in [0.25, 0.3) is 0 Å². The summed E-state index contributed by atoms with van der Waals surface area (Å²) >= 11 is 0. The standard InChI is InChI=1S/C15H25NO4/c1-15(2,3)16-8-13(18)10-5-6-12(17)11(7-10)14(19)9-20-4/h5-7,13-14,16-19H,8-9H2,1-4H3. The molecule has 0 aliphatic rings. The SMILES string of the molecule is COCC(O)c1cc(C(O)CNC(C)(C)C)ccc1O. The Balaban J connectivity index is 2.83. The van der Waals surface area contributed by atoms with Gasteiger partial charge in [-0.15, -0.1) is 0 Å². The highest BCUT2D eigenvalue weighted by Gasteiger charge is 2.17. The van der Waals surface area contributed by atoms with E-state index in [-0.39, 0.29) is 17.9 Å². The third-order valence-corrected chi connectivity index (χ3v) is 2.95. The van der Waals surface area contributed by atoms with Crippen molar-refractivity contribution < 1.29 is 20.1 Å². The van der Waals surface area contributed by atoms with Crippen molar-refractivity contribution in [3.05, 3.63) is 29.3 Å². The van der Waals surface area contributed by atoms with E-state index in [1.54, 1.807) is 12.1 Å². The summed E-state index contributed by atoms with van der Waals surface area (Å²) in [4.78, 5) is 0. The van der Waals surface area contributed by atoms with E-state index in [2.05, 4.69) is 5.32 Å². The van der Waals surface area contributed by atoms with E-state index in [4.69, 9.17) is 4.74 Å². The number of β-amino-alcohol motifs (C(OH)–C–C–N with tert-alkyl or cyclic N) is 1. The fraction of sp³-hybridized carbons (Fsp3) is 0.600. The van der Waals surface area contributed by atoms with Crippen LogP contribution in [0.3, 0.4) is 0 Å². The average Bonchev–Trinajstić information content (AvgIpc) is 2.36. The molecule has 20 heavy (non-hydrogen) atoms. The summed E-state index contributed by atoms with van der Waals surface area (Å²) in [6.07, 6.45) is -1.62.